The van der Waals surface area contributed by atoms with E-state index in [-0.39, 0.29) is 5.92 Å². The molecule has 0 rings (SSSR count). The van der Waals surface area contributed by atoms with Crippen LogP contribution >= 0.6 is 0 Å². The molecule has 0 N–H and O–H groups in total. The predicted octanol–water partition coefficient (Wildman–Crippen LogP) is 2.49. The van der Waals surface area contributed by atoms with Crippen molar-refractivity contribution in [3.05, 3.63) is 0 Å². The van der Waals surface area contributed by atoms with Crippen molar-refractivity contribution >= 4 is 6.98 Å². The normalized spacial score (nSPS) is 12.8. The van der Waals surface area contributed by atoms with Crippen LogP contribution in [0.15, 0.2) is 0 Å². The van der Waals surface area contributed by atoms with Crippen molar-refractivity contribution in [3.63, 3.8) is 0 Å². The predicted molar refractivity (Wildman–Crippen MR) is 28.7 cm³/mol. The topological polar surface area (TPSA) is 0 Å². The van der Waals surface area contributed by atoms with Crippen LogP contribution in [-0.2, 0) is 0 Å². The van der Waals surface area contributed by atoms with Crippen molar-refractivity contribution in [1.29, 1.82) is 0 Å². The molecular weight excluding hydrogens is 116 g/mol. The molecule has 50 valence electrons. The highest BCUT2D eigenvalue weighted by Crippen LogP contribution is 2.19. The van der Waals surface area contributed by atoms with Gasteiger partial charge in [0.05, 0.1) is 0 Å². The van der Waals surface area contributed by atoms with Crippen LogP contribution in [0.1, 0.15) is 13.8 Å². The Balaban J connectivity index is 3.39. The Hall–Kier alpha value is -0.145. The number of halogens is 3. The van der Waals surface area contributed by atoms with E-state index in [2.05, 4.69) is 0 Å². The number of hydrogen-bond acceptors (Lipinski definition) is 0. The van der Waals surface area contributed by atoms with Crippen molar-refractivity contribution in [1.82, 2.24) is 0 Å². The summed E-state index contributed by atoms with van der Waals surface area (Å²) < 4.78 is 34.1. The first-order valence-electron chi connectivity index (χ1n) is 2.63. The highest BCUT2D eigenvalue weighted by molar-refractivity contribution is 6.58. The summed E-state index contributed by atoms with van der Waals surface area (Å²) in [4.78, 5) is 0. The van der Waals surface area contributed by atoms with E-state index in [4.69, 9.17) is 0 Å². The number of hydrogen-bond donors (Lipinski definition) is 0. The third-order valence-corrected chi connectivity index (χ3v) is 0.739. The van der Waals surface area contributed by atoms with Gasteiger partial charge in [0.15, 0.2) is 0 Å². The van der Waals surface area contributed by atoms with E-state index in [1.807, 2.05) is 0 Å². The molecule has 8 heavy (non-hydrogen) atoms. The van der Waals surface area contributed by atoms with Gasteiger partial charge in [-0.3, -0.25) is 0 Å². The summed E-state index contributed by atoms with van der Waals surface area (Å²) in [5.74, 6) is -0.255. The Labute approximate surface area is 47.1 Å². The lowest BCUT2D eigenvalue weighted by molar-refractivity contribution is 0.447. The quantitative estimate of drug-likeness (QED) is 0.497. The second-order valence-corrected chi connectivity index (χ2v) is 2.34. The largest absolute Gasteiger partial charge is 0.478 e. The van der Waals surface area contributed by atoms with Gasteiger partial charge in [-0.15, -0.1) is 0 Å². The lowest BCUT2D eigenvalue weighted by Crippen LogP contribution is -2.16. The molecule has 0 saturated heterocycles. The van der Waals surface area contributed by atoms with Gasteiger partial charge >= 0.3 is 6.98 Å². The highest BCUT2D eigenvalue weighted by Gasteiger charge is 2.23. The molecule has 0 aromatic heterocycles. The average molecular weight is 125 g/mol. The molecule has 0 fully saturated rings. The van der Waals surface area contributed by atoms with Gasteiger partial charge < -0.3 is 12.9 Å². The summed E-state index contributed by atoms with van der Waals surface area (Å²) in [7, 11) is 0. The van der Waals surface area contributed by atoms with Crippen molar-refractivity contribution in [2.45, 2.75) is 20.2 Å². The first-order chi connectivity index (χ1) is 3.42. The molecule has 0 spiro atoms. The van der Waals surface area contributed by atoms with E-state index in [0.717, 1.165) is 0 Å². The maximum Gasteiger partial charge on any atom is 0.478 e. The van der Waals surface area contributed by atoms with E-state index in [1.54, 1.807) is 13.8 Å². The molecule has 0 nitrogen and oxygen atoms in total. The minimum atomic E-state index is -4.54. The van der Waals surface area contributed by atoms with Gasteiger partial charge in [-0.2, -0.15) is 0 Å². The molecule has 0 bridgehead atoms. The summed E-state index contributed by atoms with van der Waals surface area (Å²) in [6, 6.07) is 0. The molecule has 0 amide bonds. The second-order valence-electron chi connectivity index (χ2n) is 2.34. The Morgan fingerprint density at radius 1 is 1.25 bits per heavy atom. The van der Waals surface area contributed by atoms with E-state index in [0.29, 0.717) is 0 Å². The first-order valence-corrected chi connectivity index (χ1v) is 2.63. The summed E-state index contributed by atoms with van der Waals surface area (Å²) in [5, 5.41) is 0. The zero-order valence-electron chi connectivity index (χ0n) is 5.00. The van der Waals surface area contributed by atoms with Gasteiger partial charge in [-0.1, -0.05) is 26.1 Å². The van der Waals surface area contributed by atoms with Gasteiger partial charge in [-0.25, -0.2) is 0 Å². The summed E-state index contributed by atoms with van der Waals surface area (Å²) in [5.41, 5.74) is 0. The van der Waals surface area contributed by atoms with Gasteiger partial charge in [0, 0.05) is 0 Å². The zero-order chi connectivity index (χ0) is 6.78. The van der Waals surface area contributed by atoms with Crippen LogP contribution in [0.4, 0.5) is 12.9 Å². The minimum absolute atomic E-state index is 0.255. The molecule has 0 radical (unpaired) electrons. The van der Waals surface area contributed by atoms with Gasteiger partial charge in [0.25, 0.3) is 0 Å². The first kappa shape index (κ1) is 7.85. The van der Waals surface area contributed by atoms with Crippen molar-refractivity contribution < 1.29 is 12.9 Å². The Morgan fingerprint density at radius 2 is 1.62 bits per heavy atom. The number of rotatable bonds is 2. The fourth-order valence-electron chi connectivity index (χ4n) is 0.535. The Kier molecular flexibility index (Phi) is 2.38. The van der Waals surface area contributed by atoms with Gasteiger partial charge in [0.2, 0.25) is 0 Å². The van der Waals surface area contributed by atoms with Gasteiger partial charge in [0.1, 0.15) is 0 Å². The molecule has 0 aliphatic carbocycles. The lowest BCUT2D eigenvalue weighted by Gasteiger charge is -2.14. The molecule has 0 aliphatic heterocycles. The van der Waals surface area contributed by atoms with Crippen LogP contribution < -0.4 is 0 Å². The van der Waals surface area contributed by atoms with Crippen LogP contribution in [-0.4, -0.2) is 6.98 Å². The molecule has 0 heterocycles. The molecule has 0 aromatic carbocycles. The summed E-state index contributed by atoms with van der Waals surface area (Å²) in [6.07, 6.45) is -0.611. The smallest absolute Gasteiger partial charge is 0.449 e. The SMILES string of the molecule is CC(C)C[B-](F)(F)F. The third-order valence-electron chi connectivity index (χ3n) is 0.739. The monoisotopic (exact) mass is 125 g/mol. The average Bonchev–Trinajstić information content (AvgIpc) is 1.21. The fraction of sp³-hybridized carbons (Fsp3) is 1.00. The molecule has 0 atom stereocenters. The molecule has 4 heteroatoms. The van der Waals surface area contributed by atoms with Crippen LogP contribution in [0.3, 0.4) is 0 Å². The molecular formula is C4H9BF3-. The standard InChI is InChI=1S/C4H9BF3/c1-4(2)3-5(6,7)8/h4H,3H2,1-2H3/q-1. The van der Waals surface area contributed by atoms with E-state index >= 15 is 0 Å². The molecule has 0 aliphatic rings. The van der Waals surface area contributed by atoms with Crippen LogP contribution in [0.25, 0.3) is 0 Å². The Morgan fingerprint density at radius 3 is 1.62 bits per heavy atom. The van der Waals surface area contributed by atoms with Crippen molar-refractivity contribution in [3.8, 4) is 0 Å². The maximum absolute atomic E-state index is 11.4. The van der Waals surface area contributed by atoms with Crippen LogP contribution in [0, 0.1) is 5.92 Å². The minimum Gasteiger partial charge on any atom is -0.449 e. The van der Waals surface area contributed by atoms with Crippen LogP contribution in [0.2, 0.25) is 6.32 Å². The highest BCUT2D eigenvalue weighted by atomic mass is 19.4. The third kappa shape index (κ3) is 5.85. The summed E-state index contributed by atoms with van der Waals surface area (Å²) >= 11 is 0. The second kappa shape index (κ2) is 2.42. The lowest BCUT2D eigenvalue weighted by atomic mass is 9.80. The van der Waals surface area contributed by atoms with E-state index < -0.39 is 13.3 Å². The molecule has 0 unspecified atom stereocenters. The van der Waals surface area contributed by atoms with Crippen molar-refractivity contribution in [2.75, 3.05) is 0 Å². The maximum atomic E-state index is 11.4. The van der Waals surface area contributed by atoms with E-state index in [9.17, 15) is 12.9 Å². The van der Waals surface area contributed by atoms with E-state index in [1.165, 1.54) is 0 Å². The fourth-order valence-corrected chi connectivity index (χ4v) is 0.535. The zero-order valence-corrected chi connectivity index (χ0v) is 5.00. The van der Waals surface area contributed by atoms with Gasteiger partial charge in [-0.05, 0) is 0 Å². The van der Waals surface area contributed by atoms with Crippen molar-refractivity contribution in [2.24, 2.45) is 5.92 Å². The molecule has 0 saturated carbocycles. The Bertz CT molecular complexity index is 66.2. The summed E-state index contributed by atoms with van der Waals surface area (Å²) in [6.45, 7) is -1.41. The van der Waals surface area contributed by atoms with Crippen LogP contribution in [0.5, 0.6) is 0 Å². The molecule has 0 aromatic rings.